The Morgan fingerprint density at radius 3 is 2.16 bits per heavy atom. The number of halogens is 1. The fourth-order valence-corrected chi connectivity index (χ4v) is 4.00. The van der Waals surface area contributed by atoms with Crippen LogP contribution in [0.25, 0.3) is 6.08 Å². The van der Waals surface area contributed by atoms with Crippen LogP contribution in [0, 0.1) is 5.82 Å². The van der Waals surface area contributed by atoms with Crippen molar-refractivity contribution in [2.75, 3.05) is 16.4 Å². The van der Waals surface area contributed by atoms with E-state index < -0.39 is 17.6 Å². The van der Waals surface area contributed by atoms with E-state index in [2.05, 4.69) is 20.9 Å². The molecule has 0 unspecified atom stereocenters. The third-order valence-electron chi connectivity index (χ3n) is 5.18. The third-order valence-corrected chi connectivity index (χ3v) is 6.19. The summed E-state index contributed by atoms with van der Waals surface area (Å²) in [5.74, 6) is -1.60. The number of hydrogen-bond acceptors (Lipinski definition) is 5. The van der Waals surface area contributed by atoms with E-state index in [1.807, 2.05) is 0 Å². The zero-order valence-electron chi connectivity index (χ0n) is 20.1. The van der Waals surface area contributed by atoms with Gasteiger partial charge in [-0.05, 0) is 60.7 Å². The molecule has 4 rings (SSSR count). The molecular formula is C29H23FN4O3S. The molecule has 9 heteroatoms. The number of thioether (sulfide) groups is 1. The third kappa shape index (κ3) is 7.62. The van der Waals surface area contributed by atoms with Gasteiger partial charge in [-0.15, -0.1) is 11.8 Å². The minimum absolute atomic E-state index is 0.116. The highest BCUT2D eigenvalue weighted by molar-refractivity contribution is 8.00. The number of carbonyl (C=O) groups excluding carboxylic acids is 3. The van der Waals surface area contributed by atoms with E-state index in [-0.39, 0.29) is 22.9 Å². The number of anilines is 2. The van der Waals surface area contributed by atoms with Gasteiger partial charge >= 0.3 is 0 Å². The molecule has 0 fully saturated rings. The van der Waals surface area contributed by atoms with Gasteiger partial charge in [-0.2, -0.15) is 0 Å². The Hall–Kier alpha value is -4.76. The average molecular weight is 527 g/mol. The molecule has 3 N–H and O–H groups in total. The largest absolute Gasteiger partial charge is 0.325 e. The molecule has 0 aliphatic heterocycles. The van der Waals surface area contributed by atoms with Gasteiger partial charge in [-0.3, -0.25) is 19.4 Å². The number of nitrogens with one attached hydrogen (secondary N) is 3. The van der Waals surface area contributed by atoms with Crippen LogP contribution in [0.4, 0.5) is 15.8 Å². The summed E-state index contributed by atoms with van der Waals surface area (Å²) in [5.41, 5.74) is 1.53. The molecule has 1 aromatic heterocycles. The Kier molecular flexibility index (Phi) is 8.98. The topological polar surface area (TPSA) is 100 Å². The number of rotatable bonds is 9. The molecule has 190 valence electrons. The molecule has 0 aliphatic carbocycles. The fourth-order valence-electron chi connectivity index (χ4n) is 3.30. The molecule has 0 saturated heterocycles. The molecule has 0 spiro atoms. The van der Waals surface area contributed by atoms with Crippen LogP contribution < -0.4 is 16.0 Å². The molecule has 38 heavy (non-hydrogen) atoms. The SMILES string of the molecule is O=C(CSc1ccc(NC(=O)/C(=C/c2ccccc2F)NC(=O)c2ccccc2)cc1)Nc1ccncc1. The van der Waals surface area contributed by atoms with E-state index in [1.165, 1.54) is 36.0 Å². The highest BCUT2D eigenvalue weighted by Gasteiger charge is 2.16. The highest BCUT2D eigenvalue weighted by atomic mass is 32.2. The number of aromatic nitrogens is 1. The first-order valence-electron chi connectivity index (χ1n) is 11.5. The van der Waals surface area contributed by atoms with Gasteiger partial charge < -0.3 is 16.0 Å². The van der Waals surface area contributed by atoms with Crippen LogP contribution in [0.2, 0.25) is 0 Å². The predicted octanol–water partition coefficient (Wildman–Crippen LogP) is 5.36. The minimum atomic E-state index is -0.616. The van der Waals surface area contributed by atoms with Crippen molar-refractivity contribution >= 4 is 46.9 Å². The summed E-state index contributed by atoms with van der Waals surface area (Å²) in [6, 6.07) is 24.7. The Balaban J connectivity index is 1.42. The number of pyridine rings is 1. The van der Waals surface area contributed by atoms with Crippen LogP contribution in [0.5, 0.6) is 0 Å². The lowest BCUT2D eigenvalue weighted by Gasteiger charge is -2.12. The molecule has 1 heterocycles. The van der Waals surface area contributed by atoms with Crippen LogP contribution in [0.15, 0.2) is 114 Å². The van der Waals surface area contributed by atoms with Crippen molar-refractivity contribution < 1.29 is 18.8 Å². The van der Waals surface area contributed by atoms with Crippen molar-refractivity contribution in [3.8, 4) is 0 Å². The normalized spacial score (nSPS) is 10.9. The Bertz CT molecular complexity index is 1450. The second-order valence-electron chi connectivity index (χ2n) is 7.95. The first-order valence-corrected chi connectivity index (χ1v) is 12.5. The second-order valence-corrected chi connectivity index (χ2v) is 9.00. The van der Waals surface area contributed by atoms with Crippen molar-refractivity contribution in [3.05, 3.63) is 126 Å². The minimum Gasteiger partial charge on any atom is -0.325 e. The molecule has 0 saturated carbocycles. The summed E-state index contributed by atoms with van der Waals surface area (Å²) in [7, 11) is 0. The average Bonchev–Trinajstić information content (AvgIpc) is 2.94. The zero-order valence-corrected chi connectivity index (χ0v) is 20.9. The summed E-state index contributed by atoms with van der Waals surface area (Å²) >= 11 is 1.34. The van der Waals surface area contributed by atoms with E-state index in [1.54, 1.807) is 85.2 Å². The number of carbonyl (C=O) groups is 3. The van der Waals surface area contributed by atoms with Gasteiger partial charge in [0, 0.05) is 39.8 Å². The molecule has 3 amide bonds. The standard InChI is InChI=1S/C29H23FN4O3S/c30-25-9-5-4-8-21(25)18-26(34-28(36)20-6-2-1-3-7-20)29(37)33-22-10-12-24(13-11-22)38-19-27(35)32-23-14-16-31-17-15-23/h1-18H,19H2,(H,33,37)(H,34,36)(H,31,32,35)/b26-18-. The van der Waals surface area contributed by atoms with Crippen molar-refractivity contribution in [3.63, 3.8) is 0 Å². The van der Waals surface area contributed by atoms with Crippen molar-refractivity contribution in [1.82, 2.24) is 10.3 Å². The van der Waals surface area contributed by atoms with Gasteiger partial charge in [0.2, 0.25) is 5.91 Å². The molecule has 3 aromatic carbocycles. The van der Waals surface area contributed by atoms with Gasteiger partial charge in [0.1, 0.15) is 11.5 Å². The van der Waals surface area contributed by atoms with E-state index >= 15 is 0 Å². The van der Waals surface area contributed by atoms with Crippen molar-refractivity contribution in [2.24, 2.45) is 0 Å². The maximum absolute atomic E-state index is 14.3. The Morgan fingerprint density at radius 1 is 0.789 bits per heavy atom. The van der Waals surface area contributed by atoms with E-state index in [0.717, 1.165) is 4.90 Å². The van der Waals surface area contributed by atoms with Crippen LogP contribution >= 0.6 is 11.8 Å². The maximum Gasteiger partial charge on any atom is 0.272 e. The number of amides is 3. The zero-order chi connectivity index (χ0) is 26.7. The second kappa shape index (κ2) is 13.0. The van der Waals surface area contributed by atoms with Crippen LogP contribution in [0.1, 0.15) is 15.9 Å². The van der Waals surface area contributed by atoms with E-state index in [9.17, 15) is 18.8 Å². The lowest BCUT2D eigenvalue weighted by atomic mass is 10.1. The molecular weight excluding hydrogens is 503 g/mol. The molecule has 0 aliphatic rings. The number of hydrogen-bond donors (Lipinski definition) is 3. The van der Waals surface area contributed by atoms with E-state index in [4.69, 9.17) is 0 Å². The number of nitrogens with zero attached hydrogens (tertiary/aromatic N) is 1. The quantitative estimate of drug-likeness (QED) is 0.201. The summed E-state index contributed by atoms with van der Waals surface area (Å²) in [6.07, 6.45) is 4.48. The van der Waals surface area contributed by atoms with Crippen LogP contribution in [-0.2, 0) is 9.59 Å². The smallest absolute Gasteiger partial charge is 0.272 e. The Labute approximate surface area is 223 Å². The van der Waals surface area contributed by atoms with Crippen LogP contribution in [0.3, 0.4) is 0 Å². The number of benzene rings is 3. The summed E-state index contributed by atoms with van der Waals surface area (Å²) in [6.45, 7) is 0. The first kappa shape index (κ1) is 26.3. The van der Waals surface area contributed by atoms with Crippen molar-refractivity contribution in [2.45, 2.75) is 4.90 Å². The fraction of sp³-hybridized carbons (Fsp3) is 0.0345. The summed E-state index contributed by atoms with van der Waals surface area (Å²) < 4.78 is 14.3. The lowest BCUT2D eigenvalue weighted by Crippen LogP contribution is -2.30. The van der Waals surface area contributed by atoms with Crippen molar-refractivity contribution in [1.29, 1.82) is 0 Å². The van der Waals surface area contributed by atoms with Crippen LogP contribution in [-0.4, -0.2) is 28.5 Å². The van der Waals surface area contributed by atoms with Gasteiger partial charge in [0.15, 0.2) is 0 Å². The van der Waals surface area contributed by atoms with Gasteiger partial charge in [-0.25, -0.2) is 4.39 Å². The summed E-state index contributed by atoms with van der Waals surface area (Å²) in [5, 5.41) is 8.10. The molecule has 0 bridgehead atoms. The summed E-state index contributed by atoms with van der Waals surface area (Å²) in [4.78, 5) is 42.7. The molecule has 7 nitrogen and oxygen atoms in total. The molecule has 0 radical (unpaired) electrons. The Morgan fingerprint density at radius 2 is 1.45 bits per heavy atom. The lowest BCUT2D eigenvalue weighted by molar-refractivity contribution is -0.114. The maximum atomic E-state index is 14.3. The molecule has 4 aromatic rings. The van der Waals surface area contributed by atoms with E-state index in [0.29, 0.717) is 16.9 Å². The highest BCUT2D eigenvalue weighted by Crippen LogP contribution is 2.21. The van der Waals surface area contributed by atoms with Gasteiger partial charge in [0.25, 0.3) is 11.8 Å². The first-order chi connectivity index (χ1) is 18.5. The monoisotopic (exact) mass is 526 g/mol. The predicted molar refractivity (Wildman–Crippen MR) is 147 cm³/mol. The van der Waals surface area contributed by atoms with Gasteiger partial charge in [-0.1, -0.05) is 36.4 Å². The molecule has 0 atom stereocenters. The van der Waals surface area contributed by atoms with Gasteiger partial charge in [0.05, 0.1) is 5.75 Å².